The van der Waals surface area contributed by atoms with Crippen molar-refractivity contribution >= 4 is 28.9 Å². The molecule has 0 radical (unpaired) electrons. The van der Waals surface area contributed by atoms with Crippen LogP contribution in [0.25, 0.3) is 5.69 Å². The average molecular weight is 387 g/mol. The van der Waals surface area contributed by atoms with Gasteiger partial charge in [0, 0.05) is 21.2 Å². The Morgan fingerprint density at radius 3 is 2.65 bits per heavy atom. The fourth-order valence-corrected chi connectivity index (χ4v) is 3.31. The third-order valence-corrected chi connectivity index (χ3v) is 4.67. The van der Waals surface area contributed by atoms with Gasteiger partial charge in [-0.05, 0) is 24.3 Å². The normalized spacial score (nSPS) is 12.8. The summed E-state index contributed by atoms with van der Waals surface area (Å²) >= 11 is 12.6. The van der Waals surface area contributed by atoms with E-state index in [1.54, 1.807) is 24.3 Å². The Labute approximate surface area is 158 Å². The highest BCUT2D eigenvalue weighted by Gasteiger charge is 2.23. The quantitative estimate of drug-likeness (QED) is 0.733. The van der Waals surface area contributed by atoms with Crippen LogP contribution in [0.4, 0.5) is 0 Å². The van der Waals surface area contributed by atoms with Crippen LogP contribution in [0.15, 0.2) is 52.3 Å². The van der Waals surface area contributed by atoms with Gasteiger partial charge in [-0.3, -0.25) is 14.4 Å². The third-order valence-electron chi connectivity index (χ3n) is 4.11. The second-order valence-electron chi connectivity index (χ2n) is 5.67. The fourth-order valence-electron chi connectivity index (χ4n) is 2.91. The number of aliphatic imine (C=N–C) groups is 1. The number of rotatable bonds is 2. The molecule has 130 valence electrons. The average Bonchev–Trinajstić information content (AvgIpc) is 2.80. The predicted octanol–water partition coefficient (Wildman–Crippen LogP) is 2.78. The molecule has 0 amide bonds. The smallest absolute Gasteiger partial charge is 0.282 e. The van der Waals surface area contributed by atoms with Gasteiger partial charge in [-0.25, -0.2) is 0 Å². The molecule has 0 bridgehead atoms. The molecule has 0 unspecified atom stereocenters. The van der Waals surface area contributed by atoms with Crippen molar-refractivity contribution in [1.82, 2.24) is 14.8 Å². The van der Waals surface area contributed by atoms with Crippen molar-refractivity contribution in [2.75, 3.05) is 0 Å². The van der Waals surface area contributed by atoms with E-state index in [1.807, 2.05) is 18.2 Å². The summed E-state index contributed by atoms with van der Waals surface area (Å²) in [5.41, 5.74) is 2.10. The molecule has 3 aromatic rings. The van der Waals surface area contributed by atoms with Gasteiger partial charge in [0.25, 0.3) is 5.56 Å². The predicted molar refractivity (Wildman–Crippen MR) is 99.4 cm³/mol. The number of hydrogen-bond donors (Lipinski definition) is 1. The minimum Gasteiger partial charge on any atom is -0.390 e. The Hall–Kier alpha value is -2.54. The lowest BCUT2D eigenvalue weighted by atomic mass is 10.0. The molecule has 6 nitrogen and oxygen atoms in total. The minimum absolute atomic E-state index is 0.0316. The lowest BCUT2D eigenvalue weighted by molar-refractivity contribution is 0.272. The number of benzene rings is 2. The fraction of sp³-hybridized carbons (Fsp3) is 0.111. The maximum absolute atomic E-state index is 12.7. The van der Waals surface area contributed by atoms with Gasteiger partial charge >= 0.3 is 0 Å². The summed E-state index contributed by atoms with van der Waals surface area (Å²) in [5, 5.41) is 18.3. The molecule has 1 aliphatic heterocycles. The lowest BCUT2D eigenvalue weighted by Crippen LogP contribution is -2.28. The van der Waals surface area contributed by atoms with Gasteiger partial charge in [0.1, 0.15) is 6.54 Å². The Balaban J connectivity index is 2.05. The summed E-state index contributed by atoms with van der Waals surface area (Å²) in [6.45, 7) is -0.353. The molecule has 8 heteroatoms. The summed E-state index contributed by atoms with van der Waals surface area (Å²) in [6, 6.07) is 12.5. The van der Waals surface area contributed by atoms with Crippen LogP contribution in [0.2, 0.25) is 10.0 Å². The molecule has 4 rings (SSSR count). The van der Waals surface area contributed by atoms with Gasteiger partial charge in [0.15, 0.2) is 11.5 Å². The van der Waals surface area contributed by atoms with E-state index in [9.17, 15) is 9.90 Å². The van der Waals surface area contributed by atoms with E-state index in [-0.39, 0.29) is 12.2 Å². The number of halogens is 2. The SMILES string of the molecule is O=c1c(CO)nnc2n1-c1ccc(Cl)cc1C(c1ccccc1Cl)=NC2. The summed E-state index contributed by atoms with van der Waals surface area (Å²) < 4.78 is 1.41. The van der Waals surface area contributed by atoms with Crippen molar-refractivity contribution in [2.45, 2.75) is 13.2 Å². The van der Waals surface area contributed by atoms with Gasteiger partial charge in [-0.15, -0.1) is 10.2 Å². The maximum Gasteiger partial charge on any atom is 0.282 e. The molecule has 26 heavy (non-hydrogen) atoms. The van der Waals surface area contributed by atoms with E-state index in [4.69, 9.17) is 23.2 Å². The van der Waals surface area contributed by atoms with Crippen LogP contribution in [-0.2, 0) is 13.2 Å². The number of aliphatic hydroxyl groups excluding tert-OH is 1. The van der Waals surface area contributed by atoms with Crippen LogP contribution in [0, 0.1) is 0 Å². The lowest BCUT2D eigenvalue weighted by Gasteiger charge is -2.14. The van der Waals surface area contributed by atoms with Gasteiger partial charge in [-0.2, -0.15) is 0 Å². The van der Waals surface area contributed by atoms with Gasteiger partial charge in [0.2, 0.25) is 0 Å². The Kier molecular flexibility index (Phi) is 4.32. The van der Waals surface area contributed by atoms with Crippen LogP contribution in [0.5, 0.6) is 0 Å². The standard InChI is InChI=1S/C18H12Cl2N4O2/c19-10-5-6-15-12(7-10)17(11-3-1-2-4-13(11)20)21-8-16-23-22-14(9-25)18(26)24(15)16/h1-7,25H,8-9H2. The minimum atomic E-state index is -0.493. The first kappa shape index (κ1) is 16.9. The monoisotopic (exact) mass is 386 g/mol. The molecule has 1 N–H and O–H groups in total. The molecule has 0 fully saturated rings. The van der Waals surface area contributed by atoms with Crippen LogP contribution < -0.4 is 5.56 Å². The zero-order valence-electron chi connectivity index (χ0n) is 13.4. The van der Waals surface area contributed by atoms with E-state index >= 15 is 0 Å². The molecular weight excluding hydrogens is 375 g/mol. The largest absolute Gasteiger partial charge is 0.390 e. The van der Waals surface area contributed by atoms with Crippen LogP contribution >= 0.6 is 23.2 Å². The molecule has 0 saturated heterocycles. The molecule has 2 heterocycles. The molecule has 0 aliphatic carbocycles. The van der Waals surface area contributed by atoms with Crippen LogP contribution in [-0.4, -0.2) is 25.6 Å². The van der Waals surface area contributed by atoms with E-state index in [1.165, 1.54) is 4.57 Å². The first-order valence-corrected chi connectivity index (χ1v) is 8.53. The number of hydrogen-bond acceptors (Lipinski definition) is 5. The third kappa shape index (κ3) is 2.72. The second-order valence-corrected chi connectivity index (χ2v) is 6.51. The van der Waals surface area contributed by atoms with Crippen molar-refractivity contribution in [3.05, 3.63) is 85.5 Å². The Bertz CT molecular complexity index is 1110. The summed E-state index contributed by atoms with van der Waals surface area (Å²) in [4.78, 5) is 17.4. The number of aliphatic hydroxyl groups is 1. The van der Waals surface area contributed by atoms with Crippen LogP contribution in [0.3, 0.4) is 0 Å². The summed E-state index contributed by atoms with van der Waals surface area (Å²) in [7, 11) is 0. The number of aromatic nitrogens is 3. The summed E-state index contributed by atoms with van der Waals surface area (Å²) in [6.07, 6.45) is 0. The van der Waals surface area contributed by atoms with E-state index in [0.29, 0.717) is 32.8 Å². The first-order chi connectivity index (χ1) is 12.6. The van der Waals surface area contributed by atoms with Crippen molar-refractivity contribution in [2.24, 2.45) is 4.99 Å². The van der Waals surface area contributed by atoms with Crippen LogP contribution in [0.1, 0.15) is 22.6 Å². The van der Waals surface area contributed by atoms with Crippen molar-refractivity contribution in [1.29, 1.82) is 0 Å². The molecule has 0 saturated carbocycles. The number of nitrogens with zero attached hydrogens (tertiary/aromatic N) is 4. The van der Waals surface area contributed by atoms with Gasteiger partial charge < -0.3 is 5.11 Å². The molecule has 1 aliphatic rings. The van der Waals surface area contributed by atoms with Crippen molar-refractivity contribution < 1.29 is 5.11 Å². The molecule has 2 aromatic carbocycles. The first-order valence-electron chi connectivity index (χ1n) is 7.78. The highest BCUT2D eigenvalue weighted by molar-refractivity contribution is 6.36. The molecule has 0 atom stereocenters. The Morgan fingerprint density at radius 1 is 1.08 bits per heavy atom. The number of fused-ring (bicyclic) bond motifs is 3. The molecular formula is C18H12Cl2N4O2. The van der Waals surface area contributed by atoms with E-state index in [0.717, 1.165) is 5.56 Å². The molecule has 1 aromatic heterocycles. The van der Waals surface area contributed by atoms with E-state index in [2.05, 4.69) is 15.2 Å². The van der Waals surface area contributed by atoms with Gasteiger partial charge in [0.05, 0.1) is 18.0 Å². The van der Waals surface area contributed by atoms with E-state index < -0.39 is 12.2 Å². The zero-order valence-corrected chi connectivity index (χ0v) is 14.9. The Morgan fingerprint density at radius 2 is 1.88 bits per heavy atom. The topological polar surface area (TPSA) is 80.4 Å². The zero-order chi connectivity index (χ0) is 18.3. The second kappa shape index (κ2) is 6.64. The summed E-state index contributed by atoms with van der Waals surface area (Å²) in [5.74, 6) is 0.373. The highest BCUT2D eigenvalue weighted by Crippen LogP contribution is 2.28. The maximum atomic E-state index is 12.7. The van der Waals surface area contributed by atoms with Crippen molar-refractivity contribution in [3.8, 4) is 5.69 Å². The van der Waals surface area contributed by atoms with Gasteiger partial charge in [-0.1, -0.05) is 41.4 Å². The molecule has 0 spiro atoms. The highest BCUT2D eigenvalue weighted by atomic mass is 35.5. The van der Waals surface area contributed by atoms with Crippen molar-refractivity contribution in [3.63, 3.8) is 0 Å².